The molecule has 0 radical (unpaired) electrons. The minimum Gasteiger partial charge on any atom is -0.481 e. The van der Waals surface area contributed by atoms with Gasteiger partial charge in [-0.3, -0.25) is 38.4 Å². The van der Waals surface area contributed by atoms with Gasteiger partial charge in [-0.25, -0.2) is 0 Å². The maximum Gasteiger partial charge on any atom is 0.305 e. The van der Waals surface area contributed by atoms with Crippen LogP contribution in [0.15, 0.2) is 54.6 Å². The molecule has 55 heavy (non-hydrogen) atoms. The monoisotopic (exact) mass is 767 g/mol. The first-order valence-electron chi connectivity index (χ1n) is 17.5. The normalized spacial score (nSPS) is 13.7. The van der Waals surface area contributed by atoms with Crippen molar-refractivity contribution in [2.75, 3.05) is 0 Å². The fraction of sp³-hybridized carbons (Fsp3) is 0.447. The number of carbonyl (C=O) groups is 9. The van der Waals surface area contributed by atoms with Crippen LogP contribution in [0.4, 0.5) is 0 Å². The summed E-state index contributed by atoms with van der Waals surface area (Å²) in [6.07, 6.45) is -2.78. The highest BCUT2D eigenvalue weighted by molar-refractivity contribution is 5.97. The van der Waals surface area contributed by atoms with Gasteiger partial charge in [-0.15, -0.1) is 0 Å². The first kappa shape index (κ1) is 45.0. The molecule has 8 N–H and O–H groups in total. The number of rotatable bonds is 22. The van der Waals surface area contributed by atoms with Crippen molar-refractivity contribution in [3.8, 4) is 0 Å². The van der Waals surface area contributed by atoms with Crippen LogP contribution in [0, 0.1) is 12.3 Å². The Kier molecular flexibility index (Phi) is 17.6. The average molecular weight is 768 g/mol. The molecule has 0 saturated heterocycles. The van der Waals surface area contributed by atoms with Crippen molar-refractivity contribution in [3.63, 3.8) is 0 Å². The van der Waals surface area contributed by atoms with Crippen molar-refractivity contribution in [3.05, 3.63) is 71.3 Å². The maximum atomic E-state index is 14.1. The third kappa shape index (κ3) is 15.8. The molecule has 0 aliphatic carbocycles. The lowest BCUT2D eigenvalue weighted by Crippen LogP contribution is -2.60. The molecule has 0 aromatic heterocycles. The van der Waals surface area contributed by atoms with E-state index in [9.17, 15) is 53.4 Å². The number of hydrogen-bond acceptors (Lipinski definition) is 9. The molecule has 0 aliphatic rings. The van der Waals surface area contributed by atoms with Gasteiger partial charge < -0.3 is 46.7 Å². The van der Waals surface area contributed by atoms with Gasteiger partial charge in [0.05, 0.1) is 18.9 Å². The van der Waals surface area contributed by atoms with E-state index in [2.05, 4.69) is 26.6 Å². The smallest absolute Gasteiger partial charge is 0.305 e. The Morgan fingerprint density at radius 2 is 1.20 bits per heavy atom. The van der Waals surface area contributed by atoms with Gasteiger partial charge in [0, 0.05) is 25.7 Å². The number of aliphatic carboxylic acids is 3. The second-order valence-corrected chi connectivity index (χ2v) is 14.0. The van der Waals surface area contributed by atoms with Crippen LogP contribution in [0.3, 0.4) is 0 Å². The van der Waals surface area contributed by atoms with Gasteiger partial charge in [0.1, 0.15) is 30.5 Å². The van der Waals surface area contributed by atoms with Crippen LogP contribution in [0.5, 0.6) is 0 Å². The number of carboxylic acid groups (broad SMARTS) is 3. The summed E-state index contributed by atoms with van der Waals surface area (Å²) < 4.78 is 0. The number of nitrogens with one attached hydrogen (secondary N) is 5. The minimum absolute atomic E-state index is 0.0463. The van der Waals surface area contributed by atoms with E-state index in [0.29, 0.717) is 17.4 Å². The first-order valence-corrected chi connectivity index (χ1v) is 17.5. The van der Waals surface area contributed by atoms with Crippen LogP contribution in [0.25, 0.3) is 0 Å². The Labute approximate surface area is 318 Å². The van der Waals surface area contributed by atoms with Crippen molar-refractivity contribution in [2.45, 2.75) is 103 Å². The molecule has 298 valence electrons. The summed E-state index contributed by atoms with van der Waals surface area (Å²) in [6.45, 7) is 6.89. The Hall–Kier alpha value is -6.13. The molecule has 2 rings (SSSR count). The molecule has 0 spiro atoms. The topological polar surface area (TPSA) is 274 Å². The second-order valence-electron chi connectivity index (χ2n) is 14.0. The van der Waals surface area contributed by atoms with Crippen LogP contribution >= 0.6 is 0 Å². The largest absolute Gasteiger partial charge is 0.481 e. The molecule has 2 aromatic carbocycles. The first-order chi connectivity index (χ1) is 25.8. The van der Waals surface area contributed by atoms with Crippen molar-refractivity contribution in [2.24, 2.45) is 5.41 Å². The van der Waals surface area contributed by atoms with Crippen LogP contribution in [-0.2, 0) is 49.6 Å². The number of benzene rings is 2. The van der Waals surface area contributed by atoms with Gasteiger partial charge >= 0.3 is 17.9 Å². The van der Waals surface area contributed by atoms with E-state index >= 15 is 0 Å². The summed E-state index contributed by atoms with van der Waals surface area (Å²) in [7, 11) is 0. The Morgan fingerprint density at radius 1 is 0.636 bits per heavy atom. The molecule has 0 aliphatic heterocycles. The molecule has 0 unspecified atom stereocenters. The zero-order valence-corrected chi connectivity index (χ0v) is 31.1. The fourth-order valence-electron chi connectivity index (χ4n) is 5.45. The minimum atomic E-state index is -1.77. The summed E-state index contributed by atoms with van der Waals surface area (Å²) in [6, 6.07) is 8.99. The van der Waals surface area contributed by atoms with Crippen LogP contribution in [0.2, 0.25) is 0 Å². The van der Waals surface area contributed by atoms with Gasteiger partial charge in [-0.1, -0.05) is 75.4 Å². The van der Waals surface area contributed by atoms with E-state index in [1.807, 2.05) is 0 Å². The number of aldehydes is 1. The predicted molar refractivity (Wildman–Crippen MR) is 196 cm³/mol. The van der Waals surface area contributed by atoms with E-state index in [0.717, 1.165) is 5.56 Å². The number of hydrogen-bond donors (Lipinski definition) is 8. The summed E-state index contributed by atoms with van der Waals surface area (Å²) in [5.41, 5.74) is 1.15. The van der Waals surface area contributed by atoms with E-state index in [-0.39, 0.29) is 12.8 Å². The Balaban J connectivity index is 2.44. The highest BCUT2D eigenvalue weighted by Gasteiger charge is 2.37. The third-order valence-electron chi connectivity index (χ3n) is 8.46. The molecule has 0 heterocycles. The number of amides is 5. The maximum absolute atomic E-state index is 14.1. The Bertz CT molecular complexity index is 1710. The summed E-state index contributed by atoms with van der Waals surface area (Å²) in [5, 5.41) is 40.1. The molecule has 5 atom stereocenters. The van der Waals surface area contributed by atoms with Crippen molar-refractivity contribution >= 4 is 53.7 Å². The van der Waals surface area contributed by atoms with E-state index in [1.165, 1.54) is 0 Å². The zero-order valence-electron chi connectivity index (χ0n) is 31.1. The highest BCUT2D eigenvalue weighted by atomic mass is 16.4. The summed E-state index contributed by atoms with van der Waals surface area (Å²) >= 11 is 0. The highest BCUT2D eigenvalue weighted by Crippen LogP contribution is 2.23. The van der Waals surface area contributed by atoms with Crippen molar-refractivity contribution in [1.29, 1.82) is 0 Å². The molecule has 5 amide bonds. The van der Waals surface area contributed by atoms with Crippen LogP contribution < -0.4 is 26.6 Å². The number of carbonyl (C=O) groups excluding carboxylic acids is 6. The Morgan fingerprint density at radius 3 is 1.76 bits per heavy atom. The molecule has 17 heteroatoms. The lowest BCUT2D eigenvalue weighted by Gasteiger charge is -2.33. The fourth-order valence-corrected chi connectivity index (χ4v) is 5.45. The van der Waals surface area contributed by atoms with E-state index < -0.39 is 115 Å². The van der Waals surface area contributed by atoms with Crippen molar-refractivity contribution < 1.29 is 58.5 Å². The van der Waals surface area contributed by atoms with Gasteiger partial charge in [0.2, 0.25) is 29.5 Å². The molecule has 2 aromatic rings. The molecule has 0 bridgehead atoms. The van der Waals surface area contributed by atoms with Gasteiger partial charge in [0.15, 0.2) is 0 Å². The van der Waals surface area contributed by atoms with Crippen LogP contribution in [0.1, 0.15) is 82.0 Å². The number of aryl methyl sites for hydroxylation is 1. The van der Waals surface area contributed by atoms with Crippen molar-refractivity contribution in [1.82, 2.24) is 26.6 Å². The standard InChI is InChI=1S/C38H49N5O12/c1-22-10-8-9-13-24(22)20-27(36(54)43-33(38(2,3)4)37(55)40-25(18-19-44)23-11-6-5-7-12-23)42-34(52)26(14-16-30(46)47)41-35(53)28(21-32(50)51)39-29(45)15-17-31(48)49/h5-13,19,25-28,33H,14-18,20-21H2,1-4H3,(H,39,45)(H,40,55)(H,41,53)(H,42,52)(H,43,54)(H,46,47)(H,48,49)(H,50,51)/t25-,26-,27-,28-,33+/m0/s1. The molecule has 0 saturated carbocycles. The zero-order chi connectivity index (χ0) is 41.3. The quantitative estimate of drug-likeness (QED) is 0.0785. The SMILES string of the molecule is Cc1ccccc1C[C@H](NC(=O)[C@H](CCC(=O)O)NC(=O)[C@H](CC(=O)O)NC(=O)CCC(=O)O)C(=O)N[C@H](C(=O)N[C@@H](CC=O)c1ccccc1)C(C)(C)C. The van der Waals surface area contributed by atoms with Crippen LogP contribution in [-0.4, -0.2) is 93.2 Å². The predicted octanol–water partition coefficient (Wildman–Crippen LogP) is 1.17. The molecular weight excluding hydrogens is 718 g/mol. The molecular formula is C38H49N5O12. The summed E-state index contributed by atoms with van der Waals surface area (Å²) in [5.74, 6) is -8.75. The van der Waals surface area contributed by atoms with E-state index in [1.54, 1.807) is 82.3 Å². The molecule has 0 fully saturated rings. The molecule has 17 nitrogen and oxygen atoms in total. The average Bonchev–Trinajstić information content (AvgIpc) is 3.10. The van der Waals surface area contributed by atoms with Gasteiger partial charge in [-0.2, -0.15) is 0 Å². The lowest BCUT2D eigenvalue weighted by molar-refractivity contribution is -0.142. The lowest BCUT2D eigenvalue weighted by atomic mass is 9.85. The third-order valence-corrected chi connectivity index (χ3v) is 8.46. The summed E-state index contributed by atoms with van der Waals surface area (Å²) in [4.78, 5) is 113. The van der Waals surface area contributed by atoms with Gasteiger partial charge in [-0.05, 0) is 35.4 Å². The second kappa shape index (κ2) is 21.5. The van der Waals surface area contributed by atoms with Gasteiger partial charge in [0.25, 0.3) is 0 Å². The van der Waals surface area contributed by atoms with E-state index in [4.69, 9.17) is 5.11 Å². The number of carboxylic acids is 3.